The van der Waals surface area contributed by atoms with Crippen molar-refractivity contribution < 1.29 is 23.1 Å². The van der Waals surface area contributed by atoms with Gasteiger partial charge in [-0.2, -0.15) is 0 Å². The molecule has 0 heterocycles. The number of carbonyl (C=O) groups is 2. The molecule has 1 amide bonds. The molecule has 26 heavy (non-hydrogen) atoms. The highest BCUT2D eigenvalue weighted by atomic mass is 28.3. The Morgan fingerprint density at radius 2 is 1.85 bits per heavy atom. The van der Waals surface area contributed by atoms with E-state index in [1.54, 1.807) is 0 Å². The summed E-state index contributed by atoms with van der Waals surface area (Å²) in [4.78, 5) is 24.1. The molecule has 0 aromatic heterocycles. The first kappa shape index (κ1) is 21.8. The number of esters is 1. The summed E-state index contributed by atoms with van der Waals surface area (Å²) in [5, 5.41) is 2.53. The van der Waals surface area contributed by atoms with Crippen LogP contribution in [0.25, 0.3) is 0 Å². The minimum atomic E-state index is -1.85. The van der Waals surface area contributed by atoms with Gasteiger partial charge in [-0.25, -0.2) is 13.6 Å². The van der Waals surface area contributed by atoms with Gasteiger partial charge in [0.2, 0.25) is 0 Å². The van der Waals surface area contributed by atoms with Gasteiger partial charge in [-0.3, -0.25) is 4.79 Å². The molecule has 0 bridgehead atoms. The van der Waals surface area contributed by atoms with Crippen LogP contribution in [0.2, 0.25) is 18.1 Å². The van der Waals surface area contributed by atoms with Gasteiger partial charge in [-0.05, 0) is 23.2 Å². The number of methoxy groups -OCH3 is 1. The second-order valence-electron chi connectivity index (χ2n) is 7.56. The van der Waals surface area contributed by atoms with Crippen LogP contribution in [0.5, 0.6) is 0 Å². The van der Waals surface area contributed by atoms with Crippen molar-refractivity contribution in [2.75, 3.05) is 7.11 Å². The molecule has 0 aliphatic carbocycles. The van der Waals surface area contributed by atoms with Crippen LogP contribution in [0.1, 0.15) is 37.6 Å². The molecular formula is C19H25F2NO3Si. The zero-order valence-corrected chi connectivity index (χ0v) is 17.0. The molecule has 4 nitrogen and oxygen atoms in total. The fourth-order valence-corrected chi connectivity index (χ4v) is 2.70. The Morgan fingerprint density at radius 3 is 2.35 bits per heavy atom. The predicted molar refractivity (Wildman–Crippen MR) is 99.2 cm³/mol. The third-order valence-corrected chi connectivity index (χ3v) is 9.11. The summed E-state index contributed by atoms with van der Waals surface area (Å²) in [7, 11) is -0.643. The number of carbonyl (C=O) groups excluding carboxylic acids is 2. The highest BCUT2D eigenvalue weighted by molar-refractivity contribution is 6.87. The van der Waals surface area contributed by atoms with E-state index >= 15 is 0 Å². The van der Waals surface area contributed by atoms with E-state index in [1.165, 1.54) is 7.11 Å². The highest BCUT2D eigenvalue weighted by Gasteiger charge is 2.33. The molecular weight excluding hydrogens is 356 g/mol. The van der Waals surface area contributed by atoms with Gasteiger partial charge in [0, 0.05) is 12.0 Å². The predicted octanol–water partition coefficient (Wildman–Crippen LogP) is 3.68. The molecule has 1 atom stereocenters. The summed E-state index contributed by atoms with van der Waals surface area (Å²) in [5.41, 5.74) is 3.17. The van der Waals surface area contributed by atoms with E-state index in [-0.39, 0.29) is 17.0 Å². The van der Waals surface area contributed by atoms with Crippen molar-refractivity contribution >= 4 is 20.0 Å². The monoisotopic (exact) mass is 381 g/mol. The van der Waals surface area contributed by atoms with E-state index in [2.05, 4.69) is 50.6 Å². The maximum Gasteiger partial charge on any atom is 0.329 e. The largest absolute Gasteiger partial charge is 0.467 e. The van der Waals surface area contributed by atoms with Crippen LogP contribution < -0.4 is 5.32 Å². The Hall–Kier alpha value is -2.20. The normalized spacial score (nSPS) is 12.6. The Labute approximate surface area is 154 Å². The molecule has 1 rings (SSSR count). The molecule has 142 valence electrons. The second-order valence-corrected chi connectivity index (χ2v) is 12.6. The van der Waals surface area contributed by atoms with E-state index in [0.29, 0.717) is 0 Å². The molecule has 0 aliphatic rings. The van der Waals surface area contributed by atoms with Crippen molar-refractivity contribution in [1.82, 2.24) is 5.32 Å². The Bertz CT molecular complexity index is 745. The van der Waals surface area contributed by atoms with E-state index in [4.69, 9.17) is 4.74 Å². The lowest BCUT2D eigenvalue weighted by molar-refractivity contribution is -0.142. The van der Waals surface area contributed by atoms with Crippen LogP contribution >= 0.6 is 0 Å². The van der Waals surface area contributed by atoms with Crippen molar-refractivity contribution in [3.05, 3.63) is 35.4 Å². The molecule has 0 spiro atoms. The van der Waals surface area contributed by atoms with Crippen LogP contribution in [0, 0.1) is 23.1 Å². The van der Waals surface area contributed by atoms with Gasteiger partial charge in [-0.15, -0.1) is 11.5 Å². The summed E-state index contributed by atoms with van der Waals surface area (Å²) in [6.07, 6.45) is 0.0780. The molecule has 0 fully saturated rings. The van der Waals surface area contributed by atoms with E-state index in [1.807, 2.05) is 0 Å². The van der Waals surface area contributed by atoms with E-state index in [0.717, 1.165) is 18.2 Å². The number of rotatable bonds is 4. The molecule has 1 aromatic rings. The zero-order chi connectivity index (χ0) is 20.1. The highest BCUT2D eigenvalue weighted by Crippen LogP contribution is 2.35. The fraction of sp³-hybridized carbons (Fsp3) is 0.474. The molecule has 0 saturated carbocycles. The van der Waals surface area contributed by atoms with Gasteiger partial charge in [0.25, 0.3) is 5.91 Å². The lowest BCUT2D eigenvalue weighted by atomic mass is 10.1. The third-order valence-electron chi connectivity index (χ3n) is 4.55. The first-order valence-electron chi connectivity index (χ1n) is 8.23. The van der Waals surface area contributed by atoms with Crippen LogP contribution in [0.4, 0.5) is 8.78 Å². The lowest BCUT2D eigenvalue weighted by Gasteiger charge is -2.31. The molecule has 1 aromatic carbocycles. The molecule has 0 radical (unpaired) electrons. The number of hydrogen-bond donors (Lipinski definition) is 1. The van der Waals surface area contributed by atoms with Crippen LogP contribution in [-0.4, -0.2) is 33.1 Å². The molecule has 0 aliphatic heterocycles. The summed E-state index contributed by atoms with van der Waals surface area (Å²) in [6, 6.07) is 1.79. The summed E-state index contributed by atoms with van der Waals surface area (Å²) < 4.78 is 31.0. The van der Waals surface area contributed by atoms with Crippen molar-refractivity contribution in [3.8, 4) is 11.5 Å². The van der Waals surface area contributed by atoms with E-state index < -0.39 is 37.6 Å². The molecule has 7 heteroatoms. The van der Waals surface area contributed by atoms with Crippen molar-refractivity contribution in [2.24, 2.45) is 0 Å². The van der Waals surface area contributed by atoms with Crippen molar-refractivity contribution in [3.63, 3.8) is 0 Å². The standard InChI is InChI=1S/C19H25F2NO3Si/c1-19(2,3)26(5,6)11-7-8-16(18(24)25-4)22-17(23)13-9-10-14(20)15(21)12-13/h9-10,12,16H,8H2,1-6H3,(H,22,23)/t16-/m0/s1. The average molecular weight is 381 g/mol. The van der Waals surface area contributed by atoms with Gasteiger partial charge in [0.15, 0.2) is 11.6 Å². The second kappa shape index (κ2) is 8.45. The van der Waals surface area contributed by atoms with Gasteiger partial charge in [0.1, 0.15) is 14.1 Å². The quantitative estimate of drug-likeness (QED) is 0.492. The SMILES string of the molecule is COC(=O)[C@H](CC#C[Si](C)(C)C(C)(C)C)NC(=O)c1ccc(F)c(F)c1. The smallest absolute Gasteiger partial charge is 0.329 e. The average Bonchev–Trinajstić information content (AvgIpc) is 2.54. The number of ether oxygens (including phenoxy) is 1. The minimum Gasteiger partial charge on any atom is -0.467 e. The maximum absolute atomic E-state index is 13.3. The van der Waals surface area contributed by atoms with Crippen molar-refractivity contribution in [2.45, 2.75) is 51.4 Å². The van der Waals surface area contributed by atoms with Gasteiger partial charge >= 0.3 is 5.97 Å². The number of halogens is 2. The van der Waals surface area contributed by atoms with Crippen LogP contribution in [0.3, 0.4) is 0 Å². The van der Waals surface area contributed by atoms with E-state index in [9.17, 15) is 18.4 Å². The van der Waals surface area contributed by atoms with Gasteiger partial charge in [0.05, 0.1) is 7.11 Å². The number of hydrogen-bond acceptors (Lipinski definition) is 3. The van der Waals surface area contributed by atoms with Crippen LogP contribution in [0.15, 0.2) is 18.2 Å². The van der Waals surface area contributed by atoms with Crippen LogP contribution in [-0.2, 0) is 9.53 Å². The number of nitrogens with one attached hydrogen (secondary N) is 1. The summed E-state index contributed by atoms with van der Waals surface area (Å²) >= 11 is 0. The summed E-state index contributed by atoms with van der Waals surface area (Å²) in [6.45, 7) is 10.6. The Balaban J connectivity index is 2.94. The zero-order valence-electron chi connectivity index (χ0n) is 16.0. The summed E-state index contributed by atoms with van der Waals surface area (Å²) in [5.74, 6) is -0.545. The maximum atomic E-state index is 13.3. The molecule has 1 N–H and O–H groups in total. The fourth-order valence-electron chi connectivity index (χ4n) is 1.78. The Morgan fingerprint density at radius 1 is 1.23 bits per heavy atom. The Kier molecular flexibility index (Phi) is 7.10. The van der Waals surface area contributed by atoms with Crippen molar-refractivity contribution in [1.29, 1.82) is 0 Å². The first-order chi connectivity index (χ1) is 11.9. The molecule has 0 unspecified atom stereocenters. The van der Waals surface area contributed by atoms with Gasteiger partial charge < -0.3 is 10.1 Å². The number of benzene rings is 1. The molecule has 0 saturated heterocycles. The van der Waals surface area contributed by atoms with Gasteiger partial charge in [-0.1, -0.05) is 33.9 Å². The number of amides is 1. The lowest BCUT2D eigenvalue weighted by Crippen LogP contribution is -2.41. The third kappa shape index (κ3) is 5.66. The minimum absolute atomic E-state index is 0.0651. The first-order valence-corrected chi connectivity index (χ1v) is 11.2. The topological polar surface area (TPSA) is 55.4 Å².